The highest BCUT2D eigenvalue weighted by Crippen LogP contribution is 2.36. The third kappa shape index (κ3) is 3.01. The molecule has 0 saturated heterocycles. The highest BCUT2D eigenvalue weighted by atomic mass is 16.5. The fraction of sp³-hybridized carbons (Fsp3) is 0.667. The maximum absolute atomic E-state index is 5.86. The molecule has 1 aromatic rings. The maximum Gasteiger partial charge on any atom is 0.124 e. The highest BCUT2D eigenvalue weighted by molar-refractivity contribution is 5.38. The van der Waals surface area contributed by atoms with E-state index in [1.165, 1.54) is 37.7 Å². The van der Waals surface area contributed by atoms with E-state index in [4.69, 9.17) is 4.74 Å². The van der Waals surface area contributed by atoms with Gasteiger partial charge >= 0.3 is 0 Å². The Kier molecular flexibility index (Phi) is 4.30. The van der Waals surface area contributed by atoms with E-state index in [0.717, 1.165) is 18.3 Å². The van der Waals surface area contributed by atoms with E-state index in [1.807, 2.05) is 0 Å². The largest absolute Gasteiger partial charge is 0.493 e. The molecule has 3 rings (SSSR count). The van der Waals surface area contributed by atoms with Gasteiger partial charge in [-0.1, -0.05) is 44.9 Å². The van der Waals surface area contributed by atoms with Crippen molar-refractivity contribution in [1.82, 2.24) is 5.32 Å². The smallest absolute Gasteiger partial charge is 0.124 e. The van der Waals surface area contributed by atoms with Crippen LogP contribution in [-0.4, -0.2) is 12.6 Å². The molecule has 110 valence electrons. The summed E-state index contributed by atoms with van der Waals surface area (Å²) in [5.74, 6) is 2.52. The zero-order valence-electron chi connectivity index (χ0n) is 12.8. The fourth-order valence-corrected chi connectivity index (χ4v) is 3.65. The Morgan fingerprint density at radius 1 is 1.05 bits per heavy atom. The van der Waals surface area contributed by atoms with E-state index in [9.17, 15) is 0 Å². The first-order valence-corrected chi connectivity index (χ1v) is 8.22. The molecule has 0 spiro atoms. The Morgan fingerprint density at radius 3 is 2.80 bits per heavy atom. The van der Waals surface area contributed by atoms with Gasteiger partial charge in [0.15, 0.2) is 0 Å². The molecule has 0 radical (unpaired) electrons. The maximum atomic E-state index is 5.86. The molecule has 1 aliphatic carbocycles. The van der Waals surface area contributed by atoms with Crippen molar-refractivity contribution in [1.29, 1.82) is 0 Å². The van der Waals surface area contributed by atoms with Crippen LogP contribution in [0.25, 0.3) is 0 Å². The molecule has 2 nitrogen and oxygen atoms in total. The first kappa shape index (κ1) is 13.9. The van der Waals surface area contributed by atoms with Gasteiger partial charge in [-0.3, -0.25) is 0 Å². The SMILES string of the molecule is CC1CCCC(NC2c3ccccc3OCC2C)CC1. The minimum absolute atomic E-state index is 0.457. The molecule has 0 aromatic heterocycles. The van der Waals surface area contributed by atoms with E-state index < -0.39 is 0 Å². The summed E-state index contributed by atoms with van der Waals surface area (Å²) in [5.41, 5.74) is 1.35. The summed E-state index contributed by atoms with van der Waals surface area (Å²) >= 11 is 0. The summed E-state index contributed by atoms with van der Waals surface area (Å²) in [5, 5.41) is 3.94. The zero-order chi connectivity index (χ0) is 13.9. The molecule has 1 saturated carbocycles. The summed E-state index contributed by atoms with van der Waals surface area (Å²) in [7, 11) is 0. The topological polar surface area (TPSA) is 21.3 Å². The predicted octanol–water partition coefficient (Wildman–Crippen LogP) is 4.31. The van der Waals surface area contributed by atoms with Gasteiger partial charge in [-0.2, -0.15) is 0 Å². The van der Waals surface area contributed by atoms with E-state index in [0.29, 0.717) is 18.0 Å². The van der Waals surface area contributed by atoms with Gasteiger partial charge < -0.3 is 10.1 Å². The Balaban J connectivity index is 1.73. The van der Waals surface area contributed by atoms with Gasteiger partial charge in [-0.25, -0.2) is 0 Å². The molecule has 1 fully saturated rings. The quantitative estimate of drug-likeness (QED) is 0.811. The number of benzene rings is 1. The lowest BCUT2D eigenvalue weighted by Gasteiger charge is -2.35. The summed E-state index contributed by atoms with van der Waals surface area (Å²) in [6, 6.07) is 9.66. The predicted molar refractivity (Wildman–Crippen MR) is 83.0 cm³/mol. The van der Waals surface area contributed by atoms with Crippen LogP contribution < -0.4 is 10.1 Å². The van der Waals surface area contributed by atoms with Gasteiger partial charge in [-0.05, 0) is 31.2 Å². The number of para-hydroxylation sites is 1. The second-order valence-electron chi connectivity index (χ2n) is 6.78. The van der Waals surface area contributed by atoms with Gasteiger partial charge in [0, 0.05) is 23.6 Å². The minimum Gasteiger partial charge on any atom is -0.493 e. The van der Waals surface area contributed by atoms with E-state index in [2.05, 4.69) is 43.4 Å². The lowest BCUT2D eigenvalue weighted by Crippen LogP contribution is -2.39. The second kappa shape index (κ2) is 6.17. The van der Waals surface area contributed by atoms with Crippen molar-refractivity contribution < 1.29 is 4.74 Å². The van der Waals surface area contributed by atoms with Gasteiger partial charge in [0.1, 0.15) is 5.75 Å². The Hall–Kier alpha value is -1.02. The van der Waals surface area contributed by atoms with Crippen molar-refractivity contribution in [3.8, 4) is 5.75 Å². The van der Waals surface area contributed by atoms with E-state index in [-0.39, 0.29) is 0 Å². The Labute approximate surface area is 122 Å². The molecular weight excluding hydrogens is 246 g/mol. The summed E-state index contributed by atoms with van der Waals surface area (Å²) in [6.07, 6.45) is 6.80. The molecule has 2 aliphatic rings. The molecular formula is C18H27NO. The van der Waals surface area contributed by atoms with Crippen molar-refractivity contribution in [2.24, 2.45) is 11.8 Å². The van der Waals surface area contributed by atoms with Crippen molar-refractivity contribution in [3.05, 3.63) is 29.8 Å². The van der Waals surface area contributed by atoms with Crippen LogP contribution in [0.4, 0.5) is 0 Å². The number of hydrogen-bond donors (Lipinski definition) is 1. The first-order valence-electron chi connectivity index (χ1n) is 8.22. The van der Waals surface area contributed by atoms with Crippen LogP contribution in [0.5, 0.6) is 5.75 Å². The summed E-state index contributed by atoms with van der Waals surface area (Å²) in [4.78, 5) is 0. The molecule has 4 atom stereocenters. The van der Waals surface area contributed by atoms with Gasteiger partial charge in [0.05, 0.1) is 6.61 Å². The molecule has 0 bridgehead atoms. The normalized spacial score (nSPS) is 33.9. The molecule has 20 heavy (non-hydrogen) atoms. The van der Waals surface area contributed by atoms with Gasteiger partial charge in [0.25, 0.3) is 0 Å². The lowest BCUT2D eigenvalue weighted by molar-refractivity contribution is 0.177. The van der Waals surface area contributed by atoms with E-state index >= 15 is 0 Å². The number of nitrogens with one attached hydrogen (secondary N) is 1. The average molecular weight is 273 g/mol. The number of hydrogen-bond acceptors (Lipinski definition) is 2. The van der Waals surface area contributed by atoms with Crippen LogP contribution in [0.3, 0.4) is 0 Å². The molecule has 1 aromatic carbocycles. The highest BCUT2D eigenvalue weighted by Gasteiger charge is 2.29. The van der Waals surface area contributed by atoms with Gasteiger partial charge in [-0.15, -0.1) is 0 Å². The van der Waals surface area contributed by atoms with Crippen LogP contribution in [0.2, 0.25) is 0 Å². The van der Waals surface area contributed by atoms with Crippen LogP contribution in [0.1, 0.15) is 57.6 Å². The Bertz CT molecular complexity index is 445. The minimum atomic E-state index is 0.457. The average Bonchev–Trinajstić information content (AvgIpc) is 2.67. The molecule has 4 unspecified atom stereocenters. The molecule has 0 amide bonds. The monoisotopic (exact) mass is 273 g/mol. The second-order valence-corrected chi connectivity index (χ2v) is 6.78. The van der Waals surface area contributed by atoms with Crippen LogP contribution in [-0.2, 0) is 0 Å². The molecule has 1 N–H and O–H groups in total. The lowest BCUT2D eigenvalue weighted by atomic mass is 9.90. The number of rotatable bonds is 2. The molecule has 1 aliphatic heterocycles. The summed E-state index contributed by atoms with van der Waals surface area (Å²) < 4.78 is 5.86. The number of fused-ring (bicyclic) bond motifs is 1. The number of ether oxygens (including phenoxy) is 1. The van der Waals surface area contributed by atoms with Crippen molar-refractivity contribution >= 4 is 0 Å². The van der Waals surface area contributed by atoms with E-state index in [1.54, 1.807) is 0 Å². The van der Waals surface area contributed by atoms with Gasteiger partial charge in [0.2, 0.25) is 0 Å². The third-order valence-electron chi connectivity index (χ3n) is 5.00. The molecule has 2 heteroatoms. The standard InChI is InChI=1S/C18H27NO/c1-13-6-5-7-15(11-10-13)19-18-14(2)12-20-17-9-4-3-8-16(17)18/h3-4,8-9,13-15,18-19H,5-7,10-12H2,1-2H3. The van der Waals surface area contributed by atoms with Crippen molar-refractivity contribution in [2.75, 3.05) is 6.61 Å². The first-order chi connectivity index (χ1) is 9.74. The summed E-state index contributed by atoms with van der Waals surface area (Å²) in [6.45, 7) is 5.53. The Morgan fingerprint density at radius 2 is 1.90 bits per heavy atom. The van der Waals surface area contributed by atoms with Crippen molar-refractivity contribution in [2.45, 2.75) is 58.0 Å². The van der Waals surface area contributed by atoms with Crippen LogP contribution >= 0.6 is 0 Å². The van der Waals surface area contributed by atoms with Crippen molar-refractivity contribution in [3.63, 3.8) is 0 Å². The zero-order valence-corrected chi connectivity index (χ0v) is 12.8. The fourth-order valence-electron chi connectivity index (χ4n) is 3.65. The van der Waals surface area contributed by atoms with Crippen LogP contribution in [0, 0.1) is 11.8 Å². The van der Waals surface area contributed by atoms with Crippen LogP contribution in [0.15, 0.2) is 24.3 Å². The molecule has 1 heterocycles. The third-order valence-corrected chi connectivity index (χ3v) is 5.00.